The maximum atomic E-state index is 10.1. The molecule has 13 aromatic rings. The average molecular weight is 871 g/mol. The molecule has 0 aliphatic carbocycles. The molecule has 3 aromatic heterocycles. The Hall–Kier alpha value is -9.26. The largest absolute Gasteiger partial charge is 0.307 e. The van der Waals surface area contributed by atoms with Crippen LogP contribution in [0.2, 0.25) is 0 Å². The van der Waals surface area contributed by atoms with Crippen molar-refractivity contribution in [3.63, 3.8) is 0 Å². The molecule has 3 heterocycles. The fourth-order valence-corrected chi connectivity index (χ4v) is 10.3. The Kier molecular flexibility index (Phi) is 9.22. The van der Waals surface area contributed by atoms with Gasteiger partial charge in [0, 0.05) is 49.1 Å². The predicted molar refractivity (Wildman–Crippen MR) is 285 cm³/mol. The standard InChI is InChI=1S/C62H42N6/c63-61(52-28-13-16-32-55(52)67-54-31-15-11-26-48(54)50-40-39-49-47-25-10-14-30-53(47)66(59(49)60(50)67)45-23-8-3-9-24-45)64-62(44-37-35-42(36-38-44)41-19-4-1-5-20-41)65-68-56-33-17-12-27-51(56)58-46(29-18-34-57(58)68)43-21-6-2-7-22-43/h1-40H,(H2,63,64,65). The topological polar surface area (TPSA) is 63.0 Å². The quantitative estimate of drug-likeness (QED) is 0.122. The van der Waals surface area contributed by atoms with Crippen molar-refractivity contribution < 1.29 is 0 Å². The number of rotatable bonds is 7. The predicted octanol–water partition coefficient (Wildman–Crippen LogP) is 15.3. The molecule has 0 radical (unpaired) electrons. The van der Waals surface area contributed by atoms with Crippen LogP contribution in [0.25, 0.3) is 99.0 Å². The van der Waals surface area contributed by atoms with Crippen LogP contribution < -0.4 is 5.43 Å². The van der Waals surface area contributed by atoms with Gasteiger partial charge >= 0.3 is 0 Å². The zero-order valence-corrected chi connectivity index (χ0v) is 36.9. The zero-order chi connectivity index (χ0) is 45.1. The number of hydrogen-bond donors (Lipinski definition) is 2. The first-order chi connectivity index (χ1) is 33.7. The second-order valence-electron chi connectivity index (χ2n) is 17.2. The van der Waals surface area contributed by atoms with Crippen LogP contribution >= 0.6 is 0 Å². The van der Waals surface area contributed by atoms with E-state index in [1.54, 1.807) is 0 Å². The number of benzene rings is 10. The Morgan fingerprint density at radius 1 is 0.382 bits per heavy atom. The fraction of sp³-hybridized carbons (Fsp3) is 0. The summed E-state index contributed by atoms with van der Waals surface area (Å²) < 4.78 is 6.88. The molecule has 0 atom stereocenters. The van der Waals surface area contributed by atoms with E-state index in [9.17, 15) is 5.41 Å². The fourth-order valence-electron chi connectivity index (χ4n) is 10.3. The molecule has 0 fully saturated rings. The molecule has 0 saturated carbocycles. The van der Waals surface area contributed by atoms with E-state index in [4.69, 9.17) is 4.99 Å². The molecular formula is C62H42N6. The van der Waals surface area contributed by atoms with Crippen molar-refractivity contribution in [3.05, 3.63) is 254 Å². The number of amidine groups is 2. The number of nitrogens with one attached hydrogen (secondary N) is 2. The third kappa shape index (κ3) is 6.27. The Bertz CT molecular complexity index is 4100. The highest BCUT2D eigenvalue weighted by molar-refractivity contribution is 6.25. The summed E-state index contributed by atoms with van der Waals surface area (Å²) in [5.41, 5.74) is 18.2. The summed E-state index contributed by atoms with van der Waals surface area (Å²) in [6.07, 6.45) is 0. The molecule has 0 aliphatic rings. The molecule has 2 N–H and O–H groups in total. The lowest BCUT2D eigenvalue weighted by molar-refractivity contribution is 1.08. The molecule has 0 spiro atoms. The summed E-state index contributed by atoms with van der Waals surface area (Å²) in [4.78, 5) is 5.33. The van der Waals surface area contributed by atoms with E-state index in [0.717, 1.165) is 93.8 Å². The van der Waals surface area contributed by atoms with Crippen LogP contribution in [0.5, 0.6) is 0 Å². The Labute approximate surface area is 392 Å². The van der Waals surface area contributed by atoms with Crippen molar-refractivity contribution in [2.45, 2.75) is 0 Å². The molecule has 0 amide bonds. The normalized spacial score (nSPS) is 12.0. The first-order valence-corrected chi connectivity index (χ1v) is 23.0. The van der Waals surface area contributed by atoms with Gasteiger partial charge in [0.2, 0.25) is 0 Å². The second-order valence-corrected chi connectivity index (χ2v) is 17.2. The highest BCUT2D eigenvalue weighted by Crippen LogP contribution is 2.42. The van der Waals surface area contributed by atoms with Crippen LogP contribution in [-0.4, -0.2) is 25.5 Å². The minimum Gasteiger partial charge on any atom is -0.307 e. The summed E-state index contributed by atoms with van der Waals surface area (Å²) in [6.45, 7) is 0. The molecule has 6 heteroatoms. The summed E-state index contributed by atoms with van der Waals surface area (Å²) in [7, 11) is 0. The number of fused-ring (bicyclic) bond motifs is 10. The van der Waals surface area contributed by atoms with Crippen molar-refractivity contribution in [2.75, 3.05) is 5.43 Å². The smallest absolute Gasteiger partial charge is 0.156 e. The number of nitrogens with zero attached hydrogens (tertiary/aromatic N) is 4. The Morgan fingerprint density at radius 3 is 1.59 bits per heavy atom. The zero-order valence-electron chi connectivity index (χ0n) is 36.9. The van der Waals surface area contributed by atoms with E-state index in [0.29, 0.717) is 11.4 Å². The van der Waals surface area contributed by atoms with Crippen LogP contribution in [0, 0.1) is 5.41 Å². The highest BCUT2D eigenvalue weighted by Gasteiger charge is 2.24. The maximum Gasteiger partial charge on any atom is 0.156 e. The molecule has 6 nitrogen and oxygen atoms in total. The van der Waals surface area contributed by atoms with Crippen LogP contribution in [0.3, 0.4) is 0 Å². The summed E-state index contributed by atoms with van der Waals surface area (Å²) in [6, 6.07) is 85.0. The minimum absolute atomic E-state index is 0.127. The van der Waals surface area contributed by atoms with Gasteiger partial charge in [-0.25, -0.2) is 4.99 Å². The van der Waals surface area contributed by atoms with Gasteiger partial charge in [-0.1, -0.05) is 194 Å². The number of aromatic nitrogens is 3. The van der Waals surface area contributed by atoms with Gasteiger partial charge < -0.3 is 9.13 Å². The lowest BCUT2D eigenvalue weighted by Gasteiger charge is -2.17. The summed E-state index contributed by atoms with van der Waals surface area (Å²) in [5.74, 6) is 0.675. The molecule has 0 saturated heterocycles. The van der Waals surface area contributed by atoms with E-state index in [-0.39, 0.29) is 5.84 Å². The van der Waals surface area contributed by atoms with Crippen molar-refractivity contribution in [1.29, 1.82) is 5.41 Å². The van der Waals surface area contributed by atoms with Gasteiger partial charge in [0.05, 0.1) is 38.8 Å². The van der Waals surface area contributed by atoms with Gasteiger partial charge in [0.25, 0.3) is 0 Å². The highest BCUT2D eigenvalue weighted by atomic mass is 15.4. The average Bonchev–Trinajstić information content (AvgIpc) is 4.05. The van der Waals surface area contributed by atoms with Gasteiger partial charge in [0.15, 0.2) is 11.7 Å². The summed E-state index contributed by atoms with van der Waals surface area (Å²) in [5, 5.41) is 17.0. The lowest BCUT2D eigenvalue weighted by atomic mass is 10.00. The van der Waals surface area contributed by atoms with Crippen molar-refractivity contribution in [3.8, 4) is 33.6 Å². The van der Waals surface area contributed by atoms with E-state index >= 15 is 0 Å². The first kappa shape index (κ1) is 39.1. The number of hydrogen-bond acceptors (Lipinski definition) is 1. The van der Waals surface area contributed by atoms with E-state index in [1.807, 2.05) is 18.2 Å². The Morgan fingerprint density at radius 2 is 0.897 bits per heavy atom. The number of aliphatic imine (C=N–C) groups is 1. The number of para-hydroxylation sites is 5. The van der Waals surface area contributed by atoms with Gasteiger partial charge in [-0.05, 0) is 70.8 Å². The third-order valence-corrected chi connectivity index (χ3v) is 13.4. The molecule has 10 aromatic carbocycles. The van der Waals surface area contributed by atoms with Gasteiger partial charge in [0.1, 0.15) is 0 Å². The second kappa shape index (κ2) is 16.0. The molecule has 0 aliphatic heterocycles. The van der Waals surface area contributed by atoms with Crippen LogP contribution in [0.4, 0.5) is 0 Å². The summed E-state index contributed by atoms with van der Waals surface area (Å²) >= 11 is 0. The van der Waals surface area contributed by atoms with Crippen LogP contribution in [-0.2, 0) is 0 Å². The van der Waals surface area contributed by atoms with Crippen LogP contribution in [0.15, 0.2) is 248 Å². The monoisotopic (exact) mass is 870 g/mol. The van der Waals surface area contributed by atoms with Crippen LogP contribution in [0.1, 0.15) is 11.1 Å². The SMILES string of the molecule is N=C(/N=C(\Nn1c2ccccc2c2c(-c3ccccc3)cccc21)c1ccc(-c2ccccc2)cc1)c1ccccc1-n1c2ccccc2c2ccc3c4ccccc4n(-c4ccccc4)c3c21. The molecule has 68 heavy (non-hydrogen) atoms. The molecule has 0 unspecified atom stereocenters. The van der Waals surface area contributed by atoms with E-state index < -0.39 is 0 Å². The minimum atomic E-state index is 0.127. The Balaban J connectivity index is 1.03. The third-order valence-electron chi connectivity index (χ3n) is 13.4. The molecule has 0 bridgehead atoms. The van der Waals surface area contributed by atoms with Gasteiger partial charge in [-0.3, -0.25) is 15.5 Å². The van der Waals surface area contributed by atoms with Gasteiger partial charge in [-0.2, -0.15) is 0 Å². The lowest BCUT2D eigenvalue weighted by Crippen LogP contribution is -2.25. The molecule has 13 rings (SSSR count). The van der Waals surface area contributed by atoms with Gasteiger partial charge in [-0.15, -0.1) is 0 Å². The molecular weight excluding hydrogens is 829 g/mol. The van der Waals surface area contributed by atoms with E-state index in [2.05, 4.69) is 244 Å². The van der Waals surface area contributed by atoms with E-state index in [1.165, 1.54) is 10.8 Å². The van der Waals surface area contributed by atoms with Crippen molar-refractivity contribution in [1.82, 2.24) is 13.8 Å². The maximum absolute atomic E-state index is 10.1. The molecule has 320 valence electrons. The van der Waals surface area contributed by atoms with Crippen molar-refractivity contribution >= 4 is 77.1 Å². The first-order valence-electron chi connectivity index (χ1n) is 23.0. The van der Waals surface area contributed by atoms with Crippen molar-refractivity contribution in [2.24, 2.45) is 4.99 Å².